The SMILES string of the molecule is CCC(NP(=O)(OCC1CC(C)(C#N)C(n2ccc(N)nc2=O)O1)Oc1ccccc1)C(=O)OC. The summed E-state index contributed by atoms with van der Waals surface area (Å²) < 4.78 is 36.8. The Hall–Kier alpha value is -3.23. The fourth-order valence-corrected chi connectivity index (χ4v) is 5.28. The lowest BCUT2D eigenvalue weighted by molar-refractivity contribution is -0.142. The van der Waals surface area contributed by atoms with Gasteiger partial charge in [-0.05, 0) is 38.0 Å². The number of para-hydroxylation sites is 1. The maximum Gasteiger partial charge on any atom is 0.459 e. The average molecular weight is 505 g/mol. The smallest absolute Gasteiger partial charge is 0.459 e. The maximum atomic E-state index is 13.6. The molecule has 1 aromatic carbocycles. The molecule has 1 saturated heterocycles. The Morgan fingerprint density at radius 2 is 2.14 bits per heavy atom. The second kappa shape index (κ2) is 11.0. The molecular formula is C22H28N5O7P. The number of methoxy groups -OCH3 is 1. The lowest BCUT2D eigenvalue weighted by Crippen LogP contribution is -2.37. The Morgan fingerprint density at radius 3 is 2.74 bits per heavy atom. The average Bonchev–Trinajstić information content (AvgIpc) is 3.18. The third kappa shape index (κ3) is 6.26. The van der Waals surface area contributed by atoms with Crippen LogP contribution in [-0.4, -0.2) is 41.4 Å². The number of carbonyl (C=O) groups excluding carboxylic acids is 1. The summed E-state index contributed by atoms with van der Waals surface area (Å²) in [7, 11) is -2.88. The molecule has 0 aliphatic carbocycles. The molecule has 13 heteroatoms. The number of nitrogen functional groups attached to an aromatic ring is 1. The van der Waals surface area contributed by atoms with Crippen LogP contribution in [-0.2, 0) is 23.4 Å². The van der Waals surface area contributed by atoms with E-state index >= 15 is 0 Å². The minimum absolute atomic E-state index is 0.0453. The largest absolute Gasteiger partial charge is 0.468 e. The van der Waals surface area contributed by atoms with E-state index in [0.29, 0.717) is 0 Å². The van der Waals surface area contributed by atoms with Crippen molar-refractivity contribution in [3.05, 3.63) is 53.1 Å². The fraction of sp³-hybridized carbons (Fsp3) is 0.455. The van der Waals surface area contributed by atoms with Crippen molar-refractivity contribution >= 4 is 19.5 Å². The molecule has 5 unspecified atom stereocenters. The van der Waals surface area contributed by atoms with Gasteiger partial charge in [0.25, 0.3) is 0 Å². The van der Waals surface area contributed by atoms with Crippen LogP contribution in [0.15, 0.2) is 47.4 Å². The first-order valence-corrected chi connectivity index (χ1v) is 12.4. The van der Waals surface area contributed by atoms with Crippen LogP contribution in [0.1, 0.15) is 32.9 Å². The van der Waals surface area contributed by atoms with Crippen LogP contribution in [0.2, 0.25) is 0 Å². The zero-order valence-electron chi connectivity index (χ0n) is 19.6. The molecule has 0 bridgehead atoms. The van der Waals surface area contributed by atoms with Crippen molar-refractivity contribution in [2.45, 2.75) is 45.1 Å². The van der Waals surface area contributed by atoms with E-state index in [9.17, 15) is 19.4 Å². The number of esters is 1. The Bertz CT molecular complexity index is 1180. The Morgan fingerprint density at radius 1 is 1.43 bits per heavy atom. The molecule has 1 aliphatic rings. The molecule has 2 heterocycles. The van der Waals surface area contributed by atoms with Crippen LogP contribution in [0.4, 0.5) is 5.82 Å². The highest BCUT2D eigenvalue weighted by Crippen LogP contribution is 2.48. The van der Waals surface area contributed by atoms with Crippen LogP contribution in [0.25, 0.3) is 0 Å². The van der Waals surface area contributed by atoms with Crippen LogP contribution >= 0.6 is 7.75 Å². The van der Waals surface area contributed by atoms with E-state index in [1.54, 1.807) is 44.2 Å². The first kappa shape index (κ1) is 26.4. The van der Waals surface area contributed by atoms with Gasteiger partial charge in [-0.15, -0.1) is 0 Å². The number of carbonyl (C=O) groups is 1. The minimum Gasteiger partial charge on any atom is -0.468 e. The van der Waals surface area contributed by atoms with Crippen molar-refractivity contribution in [3.8, 4) is 11.8 Å². The number of nitrogens with one attached hydrogen (secondary N) is 1. The summed E-state index contributed by atoms with van der Waals surface area (Å²) in [6.45, 7) is 3.10. The zero-order chi connectivity index (χ0) is 25.6. The molecule has 188 valence electrons. The van der Waals surface area contributed by atoms with Gasteiger partial charge < -0.3 is 19.7 Å². The number of hydrogen-bond acceptors (Lipinski definition) is 10. The summed E-state index contributed by atoms with van der Waals surface area (Å²) in [5.41, 5.74) is 3.79. The highest BCUT2D eigenvalue weighted by molar-refractivity contribution is 7.52. The van der Waals surface area contributed by atoms with Crippen molar-refractivity contribution < 1.29 is 27.9 Å². The number of ether oxygens (including phenoxy) is 2. The molecule has 3 rings (SSSR count). The normalized spacial score (nSPS) is 24.2. The summed E-state index contributed by atoms with van der Waals surface area (Å²) in [6, 6.07) is 11.0. The Kier molecular flexibility index (Phi) is 8.30. The fourth-order valence-electron chi connectivity index (χ4n) is 3.67. The Balaban J connectivity index is 1.80. The quantitative estimate of drug-likeness (QED) is 0.359. The van der Waals surface area contributed by atoms with E-state index in [-0.39, 0.29) is 31.0 Å². The van der Waals surface area contributed by atoms with Crippen molar-refractivity contribution in [2.24, 2.45) is 5.41 Å². The van der Waals surface area contributed by atoms with E-state index in [2.05, 4.69) is 16.1 Å². The highest BCUT2D eigenvalue weighted by Gasteiger charge is 2.48. The summed E-state index contributed by atoms with van der Waals surface area (Å²) in [6.07, 6.45) is 0.148. The number of nitriles is 1. The first-order valence-electron chi connectivity index (χ1n) is 10.9. The van der Waals surface area contributed by atoms with Gasteiger partial charge in [-0.3, -0.25) is 13.9 Å². The molecule has 12 nitrogen and oxygen atoms in total. The van der Waals surface area contributed by atoms with Gasteiger partial charge in [0.05, 0.1) is 25.9 Å². The molecule has 0 amide bonds. The molecule has 3 N–H and O–H groups in total. The molecule has 2 aromatic rings. The molecular weight excluding hydrogens is 477 g/mol. The van der Waals surface area contributed by atoms with Crippen LogP contribution in [0.5, 0.6) is 5.75 Å². The third-order valence-corrected chi connectivity index (χ3v) is 7.05. The highest BCUT2D eigenvalue weighted by atomic mass is 31.2. The summed E-state index contributed by atoms with van der Waals surface area (Å²) in [5.74, 6) is -0.323. The monoisotopic (exact) mass is 505 g/mol. The van der Waals surface area contributed by atoms with Crippen LogP contribution in [0.3, 0.4) is 0 Å². The molecule has 0 spiro atoms. The third-order valence-electron chi connectivity index (χ3n) is 5.48. The van der Waals surface area contributed by atoms with E-state index in [4.69, 9.17) is 24.3 Å². The summed E-state index contributed by atoms with van der Waals surface area (Å²) in [4.78, 5) is 28.1. The number of anilines is 1. The van der Waals surface area contributed by atoms with Gasteiger partial charge in [0.1, 0.15) is 23.0 Å². The number of rotatable bonds is 10. The lowest BCUT2D eigenvalue weighted by atomic mass is 9.87. The van der Waals surface area contributed by atoms with Gasteiger partial charge in [-0.25, -0.2) is 9.36 Å². The number of aromatic nitrogens is 2. The predicted octanol–water partition coefficient (Wildman–Crippen LogP) is 2.39. The van der Waals surface area contributed by atoms with Gasteiger partial charge >= 0.3 is 19.4 Å². The Labute approximate surface area is 202 Å². The van der Waals surface area contributed by atoms with Crippen molar-refractivity contribution in [1.29, 1.82) is 5.26 Å². The summed E-state index contributed by atoms with van der Waals surface area (Å²) in [5, 5.41) is 12.4. The number of benzene rings is 1. The van der Waals surface area contributed by atoms with E-state index in [0.717, 1.165) is 0 Å². The molecule has 1 fully saturated rings. The topological polar surface area (TPSA) is 168 Å². The van der Waals surface area contributed by atoms with Gasteiger partial charge in [-0.1, -0.05) is 25.1 Å². The van der Waals surface area contributed by atoms with Gasteiger partial charge in [-0.2, -0.15) is 15.3 Å². The second-order valence-electron chi connectivity index (χ2n) is 8.20. The standard InChI is InChI=1S/C22H28N5O7P/c1-4-17(19(28)31-3)26-35(30,34-15-8-6-5-7-9-15)32-13-16-12-22(2,14-23)20(33-16)27-11-10-18(24)25-21(27)29/h5-11,16-17,20H,4,12-13H2,1-3H3,(H,26,30)(H2,24,25,29). The second-order valence-corrected chi connectivity index (χ2v) is 9.89. The van der Waals surface area contributed by atoms with Crippen molar-refractivity contribution in [1.82, 2.24) is 14.6 Å². The molecule has 0 saturated carbocycles. The molecule has 0 radical (unpaired) electrons. The van der Waals surface area contributed by atoms with Gasteiger partial charge in [0.2, 0.25) is 0 Å². The van der Waals surface area contributed by atoms with Crippen LogP contribution < -0.4 is 21.0 Å². The number of nitrogens with zero attached hydrogens (tertiary/aromatic N) is 3. The van der Waals surface area contributed by atoms with E-state index < -0.39 is 43.2 Å². The summed E-state index contributed by atoms with van der Waals surface area (Å²) >= 11 is 0. The molecule has 1 aliphatic heterocycles. The minimum atomic E-state index is -4.10. The molecule has 5 atom stereocenters. The number of nitrogens with two attached hydrogens (primary N) is 1. The number of hydrogen-bond donors (Lipinski definition) is 2. The predicted molar refractivity (Wildman–Crippen MR) is 125 cm³/mol. The zero-order valence-corrected chi connectivity index (χ0v) is 20.5. The van der Waals surface area contributed by atoms with Crippen molar-refractivity contribution in [2.75, 3.05) is 19.5 Å². The van der Waals surface area contributed by atoms with Crippen molar-refractivity contribution in [3.63, 3.8) is 0 Å². The lowest BCUT2D eigenvalue weighted by Gasteiger charge is -2.25. The van der Waals surface area contributed by atoms with Gasteiger partial charge in [0.15, 0.2) is 6.23 Å². The molecule has 1 aromatic heterocycles. The maximum absolute atomic E-state index is 13.6. The van der Waals surface area contributed by atoms with E-state index in [1.165, 1.54) is 23.9 Å². The first-order chi connectivity index (χ1) is 16.6. The van der Waals surface area contributed by atoms with E-state index in [1.807, 2.05) is 0 Å². The van der Waals surface area contributed by atoms with Gasteiger partial charge in [0, 0.05) is 6.20 Å². The molecule has 35 heavy (non-hydrogen) atoms. The van der Waals surface area contributed by atoms with Crippen LogP contribution in [0, 0.1) is 16.7 Å².